The van der Waals surface area contributed by atoms with E-state index in [0.717, 1.165) is 5.56 Å². The van der Waals surface area contributed by atoms with Gasteiger partial charge in [0.25, 0.3) is 0 Å². The summed E-state index contributed by atoms with van der Waals surface area (Å²) in [6.07, 6.45) is 0. The third kappa shape index (κ3) is 3.43. The molecule has 2 aromatic rings. The number of rotatable bonds is 5. The Balaban J connectivity index is 1.85. The van der Waals surface area contributed by atoms with E-state index in [0.29, 0.717) is 0 Å². The average Bonchev–Trinajstić information content (AvgIpc) is 2.89. The number of amides is 1. The minimum absolute atomic E-state index is 0.120. The van der Waals surface area contributed by atoms with Crippen LogP contribution in [0.15, 0.2) is 46.9 Å². The molecule has 0 saturated carbocycles. The Bertz CT molecular complexity index is 576. The number of carbonyl (C=O) groups excluding carboxylic acids is 1. The molecule has 1 aromatic heterocycles. The van der Waals surface area contributed by atoms with Gasteiger partial charge < -0.3 is 9.52 Å². The van der Waals surface area contributed by atoms with Crippen molar-refractivity contribution in [3.05, 3.63) is 59.5 Å². The van der Waals surface area contributed by atoms with Crippen LogP contribution in [0.1, 0.15) is 26.7 Å². The largest absolute Gasteiger partial charge is 0.475 e. The quantitative estimate of drug-likeness (QED) is 0.801. The van der Waals surface area contributed by atoms with Crippen molar-refractivity contribution in [1.29, 1.82) is 0 Å². The summed E-state index contributed by atoms with van der Waals surface area (Å²) in [4.78, 5) is 27.1. The van der Waals surface area contributed by atoms with Crippen LogP contribution in [-0.2, 0) is 11.4 Å². The van der Waals surface area contributed by atoms with Crippen LogP contribution in [0.3, 0.4) is 0 Å². The number of carboxylic acids is 1. The van der Waals surface area contributed by atoms with Crippen LogP contribution in [0.25, 0.3) is 0 Å². The summed E-state index contributed by atoms with van der Waals surface area (Å²) in [7, 11) is 0. The summed E-state index contributed by atoms with van der Waals surface area (Å²) in [6, 6.07) is 11.7. The lowest BCUT2D eigenvalue weighted by atomic mass is 10.2. The Hall–Kier alpha value is -2.60. The molecule has 1 aromatic carbocycles. The first-order valence-corrected chi connectivity index (χ1v) is 5.46. The average molecular weight is 261 g/mol. The minimum Gasteiger partial charge on any atom is -0.475 e. The molecule has 0 spiro atoms. The predicted molar refractivity (Wildman–Crippen MR) is 64.4 cm³/mol. The van der Waals surface area contributed by atoms with Gasteiger partial charge in [-0.1, -0.05) is 30.3 Å². The lowest BCUT2D eigenvalue weighted by molar-refractivity contribution is 0.0210. The molecule has 6 nitrogen and oxygen atoms in total. The van der Waals surface area contributed by atoms with Crippen molar-refractivity contribution in [2.24, 2.45) is 0 Å². The van der Waals surface area contributed by atoms with E-state index < -0.39 is 11.9 Å². The van der Waals surface area contributed by atoms with Crippen LogP contribution in [0.5, 0.6) is 0 Å². The maximum atomic E-state index is 11.5. The van der Waals surface area contributed by atoms with Crippen LogP contribution in [-0.4, -0.2) is 17.0 Å². The fraction of sp³-hybridized carbons (Fsp3) is 0.0769. The molecule has 1 heterocycles. The minimum atomic E-state index is -1.23. The SMILES string of the molecule is O=C(O)c1ccc(C(=O)NOCc2ccccc2)o1. The van der Waals surface area contributed by atoms with Gasteiger partial charge >= 0.3 is 11.9 Å². The van der Waals surface area contributed by atoms with Crippen LogP contribution < -0.4 is 5.48 Å². The second-order valence-corrected chi connectivity index (χ2v) is 3.67. The third-order valence-electron chi connectivity index (χ3n) is 2.29. The Morgan fingerprint density at radius 2 is 1.79 bits per heavy atom. The first-order chi connectivity index (χ1) is 9.16. The summed E-state index contributed by atoms with van der Waals surface area (Å²) in [5.74, 6) is -2.29. The number of carboxylic acid groups (broad SMARTS) is 1. The smallest absolute Gasteiger partial charge is 0.371 e. The lowest BCUT2D eigenvalue weighted by Crippen LogP contribution is -2.23. The second-order valence-electron chi connectivity index (χ2n) is 3.67. The van der Waals surface area contributed by atoms with Crippen LogP contribution >= 0.6 is 0 Å². The summed E-state index contributed by atoms with van der Waals surface area (Å²) >= 11 is 0. The molecule has 2 rings (SSSR count). The van der Waals surface area contributed by atoms with Gasteiger partial charge in [-0.3, -0.25) is 9.63 Å². The predicted octanol–water partition coefficient (Wildman–Crippen LogP) is 1.84. The Kier molecular flexibility index (Phi) is 3.94. The van der Waals surface area contributed by atoms with Crippen molar-refractivity contribution in [3.63, 3.8) is 0 Å². The van der Waals surface area contributed by atoms with E-state index in [4.69, 9.17) is 14.4 Å². The summed E-state index contributed by atoms with van der Waals surface area (Å²) in [5.41, 5.74) is 3.07. The van der Waals surface area contributed by atoms with Gasteiger partial charge in [-0.15, -0.1) is 0 Å². The molecule has 0 bridgehead atoms. The van der Waals surface area contributed by atoms with Gasteiger partial charge in [-0.25, -0.2) is 10.3 Å². The molecule has 6 heteroatoms. The molecule has 0 radical (unpaired) electrons. The van der Waals surface area contributed by atoms with Gasteiger partial charge in [0.2, 0.25) is 5.76 Å². The molecule has 0 saturated heterocycles. The number of carbonyl (C=O) groups is 2. The van der Waals surface area contributed by atoms with Gasteiger partial charge in [0.1, 0.15) is 0 Å². The maximum absolute atomic E-state index is 11.5. The highest BCUT2D eigenvalue weighted by molar-refractivity contribution is 5.92. The van der Waals surface area contributed by atoms with E-state index >= 15 is 0 Å². The van der Waals surface area contributed by atoms with Crippen molar-refractivity contribution in [2.45, 2.75) is 6.61 Å². The van der Waals surface area contributed by atoms with Gasteiger partial charge in [-0.2, -0.15) is 0 Å². The molecule has 0 unspecified atom stereocenters. The van der Waals surface area contributed by atoms with E-state index in [1.54, 1.807) is 0 Å². The van der Waals surface area contributed by atoms with Crippen molar-refractivity contribution >= 4 is 11.9 Å². The zero-order valence-corrected chi connectivity index (χ0v) is 9.83. The molecule has 0 aliphatic rings. The zero-order chi connectivity index (χ0) is 13.7. The van der Waals surface area contributed by atoms with E-state index in [2.05, 4.69) is 5.48 Å². The fourth-order valence-corrected chi connectivity index (χ4v) is 1.38. The van der Waals surface area contributed by atoms with Crippen LogP contribution in [0.2, 0.25) is 0 Å². The van der Waals surface area contributed by atoms with E-state index in [1.165, 1.54) is 12.1 Å². The first-order valence-electron chi connectivity index (χ1n) is 5.46. The Morgan fingerprint density at radius 1 is 1.11 bits per heavy atom. The summed E-state index contributed by atoms with van der Waals surface area (Å²) in [6.45, 7) is 0.207. The fourth-order valence-electron chi connectivity index (χ4n) is 1.38. The molecular weight excluding hydrogens is 250 g/mol. The number of hydrogen-bond donors (Lipinski definition) is 2. The van der Waals surface area contributed by atoms with Crippen molar-refractivity contribution < 1.29 is 24.0 Å². The van der Waals surface area contributed by atoms with E-state index in [-0.39, 0.29) is 18.1 Å². The number of furan rings is 1. The molecule has 98 valence electrons. The molecule has 2 N–H and O–H groups in total. The second kappa shape index (κ2) is 5.83. The third-order valence-corrected chi connectivity index (χ3v) is 2.29. The van der Waals surface area contributed by atoms with E-state index in [9.17, 15) is 9.59 Å². The molecule has 0 atom stereocenters. The topological polar surface area (TPSA) is 88.8 Å². The Labute approximate surface area is 108 Å². The zero-order valence-electron chi connectivity index (χ0n) is 9.83. The molecule has 19 heavy (non-hydrogen) atoms. The first kappa shape index (κ1) is 12.8. The van der Waals surface area contributed by atoms with Crippen molar-refractivity contribution in [1.82, 2.24) is 5.48 Å². The number of benzene rings is 1. The highest BCUT2D eigenvalue weighted by Crippen LogP contribution is 2.07. The van der Waals surface area contributed by atoms with Crippen LogP contribution in [0, 0.1) is 0 Å². The normalized spacial score (nSPS) is 10.1. The van der Waals surface area contributed by atoms with Gasteiger partial charge in [0.05, 0.1) is 6.61 Å². The van der Waals surface area contributed by atoms with Crippen molar-refractivity contribution in [3.8, 4) is 0 Å². The molecule has 0 aliphatic heterocycles. The van der Waals surface area contributed by atoms with Gasteiger partial charge in [0, 0.05) is 0 Å². The van der Waals surface area contributed by atoms with Crippen molar-refractivity contribution in [2.75, 3.05) is 0 Å². The molecular formula is C13H11NO5. The number of nitrogens with one attached hydrogen (secondary N) is 1. The summed E-state index contributed by atoms with van der Waals surface area (Å²) < 4.78 is 4.82. The number of hydrogen-bond acceptors (Lipinski definition) is 4. The lowest BCUT2D eigenvalue weighted by Gasteiger charge is -2.03. The molecule has 0 aliphatic carbocycles. The molecule has 1 amide bonds. The highest BCUT2D eigenvalue weighted by atomic mass is 16.7. The monoisotopic (exact) mass is 261 g/mol. The number of hydroxylamine groups is 1. The molecule has 0 fully saturated rings. The van der Waals surface area contributed by atoms with Gasteiger partial charge in [-0.05, 0) is 17.7 Å². The standard InChI is InChI=1S/C13H11NO5/c15-12(10-6-7-11(19-10)13(16)17)14-18-8-9-4-2-1-3-5-9/h1-7H,8H2,(H,14,15)(H,16,17). The Morgan fingerprint density at radius 3 is 2.42 bits per heavy atom. The maximum Gasteiger partial charge on any atom is 0.371 e. The number of aromatic carboxylic acids is 1. The highest BCUT2D eigenvalue weighted by Gasteiger charge is 2.14. The summed E-state index contributed by atoms with van der Waals surface area (Å²) in [5, 5.41) is 8.65. The van der Waals surface area contributed by atoms with Gasteiger partial charge in [0.15, 0.2) is 5.76 Å². The van der Waals surface area contributed by atoms with E-state index in [1.807, 2.05) is 30.3 Å². The van der Waals surface area contributed by atoms with Crippen LogP contribution in [0.4, 0.5) is 0 Å².